The van der Waals surface area contributed by atoms with Gasteiger partial charge in [-0.25, -0.2) is 14.6 Å². The van der Waals surface area contributed by atoms with Crippen LogP contribution in [0, 0.1) is 32.6 Å². The Labute approximate surface area is 238 Å². The molecule has 0 saturated carbocycles. The Morgan fingerprint density at radius 3 is 2.44 bits per heavy atom. The lowest BCUT2D eigenvalue weighted by atomic mass is 9.95. The number of aryl methyl sites for hydroxylation is 2. The number of aromatic nitrogens is 1. The minimum atomic E-state index is -1.41. The van der Waals surface area contributed by atoms with Gasteiger partial charge in [-0.1, -0.05) is 32.9 Å². The van der Waals surface area contributed by atoms with Gasteiger partial charge < -0.3 is 24.3 Å². The van der Waals surface area contributed by atoms with E-state index in [2.05, 4.69) is 10.3 Å². The van der Waals surface area contributed by atoms with E-state index in [1.165, 1.54) is 13.1 Å². The molecule has 2 aromatic rings. The molecule has 11 heteroatoms. The van der Waals surface area contributed by atoms with E-state index in [9.17, 15) is 24.0 Å². The zero-order valence-electron chi connectivity index (χ0n) is 24.3. The fourth-order valence-corrected chi connectivity index (χ4v) is 4.26. The minimum absolute atomic E-state index is 0.0792. The average molecular weight is 569 g/mol. The summed E-state index contributed by atoms with van der Waals surface area (Å²) < 4.78 is 22.0. The van der Waals surface area contributed by atoms with Gasteiger partial charge >= 0.3 is 23.9 Å². The smallest absolute Gasteiger partial charge is 0.343 e. The van der Waals surface area contributed by atoms with Crippen molar-refractivity contribution in [1.29, 1.82) is 0 Å². The number of ether oxygens (including phenoxy) is 4. The number of pyridine rings is 1. The van der Waals surface area contributed by atoms with E-state index in [1.54, 1.807) is 52.8 Å². The molecule has 1 amide bonds. The van der Waals surface area contributed by atoms with Gasteiger partial charge in [0.05, 0.1) is 17.4 Å². The summed E-state index contributed by atoms with van der Waals surface area (Å²) in [5.74, 6) is -5.11. The van der Waals surface area contributed by atoms with E-state index >= 15 is 0 Å². The summed E-state index contributed by atoms with van der Waals surface area (Å²) in [6.45, 7) is 11.3. The zero-order chi connectivity index (χ0) is 30.4. The van der Waals surface area contributed by atoms with Gasteiger partial charge in [0.25, 0.3) is 5.91 Å². The average Bonchev–Trinajstić information content (AvgIpc) is 2.95. The molecule has 0 aliphatic carbocycles. The first-order chi connectivity index (χ1) is 19.3. The molecule has 1 aliphatic heterocycles. The highest BCUT2D eigenvalue weighted by Gasteiger charge is 2.41. The standard InChI is InChI=1S/C30H36N2O9/c1-8-20-25(41-27(34)15(2)3)19(7)39-30(37)22(14-38-28(20)35)32-26(33)23-24(17(5)12-13-31-23)40-29(36)21-11-9-10-16(4)18(21)6/h9-13,15,19-20,22,25H,8,14H2,1-7H3,(H,32,33). The number of cyclic esters (lactones) is 2. The lowest BCUT2D eigenvalue weighted by Crippen LogP contribution is -2.47. The van der Waals surface area contributed by atoms with Crippen molar-refractivity contribution in [3.05, 3.63) is 58.4 Å². The quantitative estimate of drug-likeness (QED) is 0.389. The fourth-order valence-electron chi connectivity index (χ4n) is 4.26. The highest BCUT2D eigenvalue weighted by atomic mass is 16.6. The van der Waals surface area contributed by atoms with Crippen LogP contribution in [-0.2, 0) is 28.6 Å². The van der Waals surface area contributed by atoms with Gasteiger partial charge in [0.15, 0.2) is 23.6 Å². The number of rotatable bonds is 7. The molecule has 1 aliphatic rings. The molecule has 220 valence electrons. The third-order valence-electron chi connectivity index (χ3n) is 6.95. The van der Waals surface area contributed by atoms with Crippen LogP contribution in [0.5, 0.6) is 5.75 Å². The summed E-state index contributed by atoms with van der Waals surface area (Å²) in [6, 6.07) is 5.38. The van der Waals surface area contributed by atoms with Crippen molar-refractivity contribution in [3.8, 4) is 5.75 Å². The molecular weight excluding hydrogens is 532 g/mol. The summed E-state index contributed by atoms with van der Waals surface area (Å²) in [5.41, 5.74) is 2.18. The van der Waals surface area contributed by atoms with E-state index in [0.29, 0.717) is 11.1 Å². The van der Waals surface area contributed by atoms with Crippen molar-refractivity contribution in [3.63, 3.8) is 0 Å². The van der Waals surface area contributed by atoms with Crippen LogP contribution in [0.3, 0.4) is 0 Å². The van der Waals surface area contributed by atoms with Crippen LogP contribution in [0.25, 0.3) is 0 Å². The van der Waals surface area contributed by atoms with Gasteiger partial charge in [0.2, 0.25) is 0 Å². The van der Waals surface area contributed by atoms with Crippen molar-refractivity contribution < 1.29 is 42.9 Å². The molecule has 41 heavy (non-hydrogen) atoms. The molecule has 1 aromatic heterocycles. The Morgan fingerprint density at radius 2 is 1.78 bits per heavy atom. The Hall–Kier alpha value is -4.28. The highest BCUT2D eigenvalue weighted by Crippen LogP contribution is 2.26. The first-order valence-corrected chi connectivity index (χ1v) is 13.5. The molecule has 3 rings (SSSR count). The fraction of sp³-hybridized carbons (Fsp3) is 0.467. The third kappa shape index (κ3) is 7.27. The number of hydrogen-bond acceptors (Lipinski definition) is 10. The highest BCUT2D eigenvalue weighted by molar-refractivity contribution is 6.00. The van der Waals surface area contributed by atoms with E-state index in [0.717, 1.165) is 11.1 Å². The number of nitrogens with zero attached hydrogens (tertiary/aromatic N) is 1. The molecule has 0 bridgehead atoms. The van der Waals surface area contributed by atoms with Crippen LogP contribution in [0.4, 0.5) is 0 Å². The summed E-state index contributed by atoms with van der Waals surface area (Å²) >= 11 is 0. The molecule has 0 radical (unpaired) electrons. The van der Waals surface area contributed by atoms with Gasteiger partial charge in [0.1, 0.15) is 12.7 Å². The Balaban J connectivity index is 1.85. The van der Waals surface area contributed by atoms with E-state index < -0.39 is 66.5 Å². The third-order valence-corrected chi connectivity index (χ3v) is 6.95. The second-order valence-corrected chi connectivity index (χ2v) is 10.3. The van der Waals surface area contributed by atoms with Crippen molar-refractivity contribution >= 4 is 29.8 Å². The summed E-state index contributed by atoms with van der Waals surface area (Å²) in [5, 5.41) is 2.48. The SMILES string of the molecule is CCC1C(=O)OCC(NC(=O)c2nccc(C)c2OC(=O)c2cccc(C)c2C)C(=O)OC(C)C1OC(=O)C(C)C. The molecule has 1 aromatic carbocycles. The maximum absolute atomic E-state index is 13.3. The molecule has 0 spiro atoms. The van der Waals surface area contributed by atoms with Crippen LogP contribution >= 0.6 is 0 Å². The van der Waals surface area contributed by atoms with Gasteiger partial charge in [-0.15, -0.1) is 0 Å². The maximum atomic E-state index is 13.3. The van der Waals surface area contributed by atoms with Gasteiger partial charge in [0, 0.05) is 6.20 Å². The summed E-state index contributed by atoms with van der Waals surface area (Å²) in [4.78, 5) is 68.7. The van der Waals surface area contributed by atoms with Crippen LogP contribution in [0.2, 0.25) is 0 Å². The molecule has 1 saturated heterocycles. The number of carbonyl (C=O) groups is 5. The van der Waals surface area contributed by atoms with Gasteiger partial charge in [-0.3, -0.25) is 14.4 Å². The molecule has 4 atom stereocenters. The first-order valence-electron chi connectivity index (χ1n) is 13.5. The summed E-state index contributed by atoms with van der Waals surface area (Å²) in [6.07, 6.45) is -0.458. The van der Waals surface area contributed by atoms with E-state index in [1.807, 2.05) is 13.0 Å². The number of carbonyl (C=O) groups excluding carboxylic acids is 5. The van der Waals surface area contributed by atoms with Crippen molar-refractivity contribution in [2.45, 2.75) is 73.1 Å². The van der Waals surface area contributed by atoms with Crippen molar-refractivity contribution in [2.24, 2.45) is 11.8 Å². The number of benzene rings is 1. The Bertz CT molecular complexity index is 1340. The van der Waals surface area contributed by atoms with E-state index in [-0.39, 0.29) is 17.9 Å². The second kappa shape index (κ2) is 13.4. The largest absolute Gasteiger partial charge is 0.463 e. The van der Waals surface area contributed by atoms with Crippen molar-refractivity contribution in [1.82, 2.24) is 10.3 Å². The zero-order valence-corrected chi connectivity index (χ0v) is 24.3. The van der Waals surface area contributed by atoms with Crippen LogP contribution < -0.4 is 10.1 Å². The second-order valence-electron chi connectivity index (χ2n) is 10.3. The molecule has 2 heterocycles. The lowest BCUT2D eigenvalue weighted by Gasteiger charge is -2.29. The summed E-state index contributed by atoms with van der Waals surface area (Å²) in [7, 11) is 0. The first kappa shape index (κ1) is 31.3. The van der Waals surface area contributed by atoms with E-state index in [4.69, 9.17) is 18.9 Å². The predicted octanol–water partition coefficient (Wildman–Crippen LogP) is 3.41. The number of hydrogen-bond donors (Lipinski definition) is 1. The number of esters is 4. The molecule has 11 nitrogen and oxygen atoms in total. The van der Waals surface area contributed by atoms with Gasteiger partial charge in [-0.2, -0.15) is 0 Å². The molecule has 1 fully saturated rings. The monoisotopic (exact) mass is 568 g/mol. The van der Waals surface area contributed by atoms with Gasteiger partial charge in [-0.05, 0) is 62.9 Å². The van der Waals surface area contributed by atoms with Crippen molar-refractivity contribution in [2.75, 3.05) is 6.61 Å². The normalized spacial score (nSPS) is 21.1. The van der Waals surface area contributed by atoms with Crippen LogP contribution in [0.15, 0.2) is 30.5 Å². The molecule has 1 N–H and O–H groups in total. The Kier molecular flexibility index (Phi) is 10.2. The lowest BCUT2D eigenvalue weighted by molar-refractivity contribution is -0.176. The molecule has 4 unspecified atom stereocenters. The predicted molar refractivity (Wildman–Crippen MR) is 146 cm³/mol. The topological polar surface area (TPSA) is 147 Å². The minimum Gasteiger partial charge on any atom is -0.463 e. The maximum Gasteiger partial charge on any atom is 0.343 e. The number of amides is 1. The number of nitrogens with one attached hydrogen (secondary N) is 1. The van der Waals surface area contributed by atoms with Crippen LogP contribution in [0.1, 0.15) is 71.7 Å². The Morgan fingerprint density at radius 1 is 1.07 bits per heavy atom. The van der Waals surface area contributed by atoms with Crippen LogP contribution in [-0.4, -0.2) is 59.6 Å². The molecular formula is C30H36N2O9.